The number of nitrogens with zero attached hydrogens (tertiary/aromatic N) is 1. The molecule has 0 spiro atoms. The second kappa shape index (κ2) is 8.52. The Labute approximate surface area is 178 Å². The summed E-state index contributed by atoms with van der Waals surface area (Å²) in [5.74, 6) is -0.00706. The van der Waals surface area contributed by atoms with Crippen molar-refractivity contribution in [1.29, 1.82) is 0 Å². The molecule has 0 saturated heterocycles. The standard InChI is InChI=1S/C23H20N2O4S/c1-29-16-9-7-15(8-10-16)20(14-17-4-3-13-30-17)23(27)25-12-11-18-19(22(26)24-28)5-2-6-21(18)25/h2-10,13-14,28H,11-12H2,1H3,(H,24,26). The third-order valence-corrected chi connectivity index (χ3v) is 5.90. The van der Waals surface area contributed by atoms with Gasteiger partial charge < -0.3 is 9.64 Å². The van der Waals surface area contributed by atoms with Gasteiger partial charge in [-0.15, -0.1) is 11.3 Å². The van der Waals surface area contributed by atoms with E-state index < -0.39 is 5.91 Å². The number of rotatable bonds is 5. The van der Waals surface area contributed by atoms with Crippen molar-refractivity contribution in [3.8, 4) is 5.75 Å². The Kier molecular flexibility index (Phi) is 5.65. The van der Waals surface area contributed by atoms with Crippen LogP contribution in [-0.2, 0) is 11.2 Å². The molecule has 2 amide bonds. The fourth-order valence-electron chi connectivity index (χ4n) is 3.62. The van der Waals surface area contributed by atoms with E-state index in [0.717, 1.165) is 16.0 Å². The van der Waals surface area contributed by atoms with Gasteiger partial charge in [-0.25, -0.2) is 5.48 Å². The van der Waals surface area contributed by atoms with Crippen molar-refractivity contribution in [3.63, 3.8) is 0 Å². The van der Waals surface area contributed by atoms with Gasteiger partial charge >= 0.3 is 0 Å². The quantitative estimate of drug-likeness (QED) is 0.371. The van der Waals surface area contributed by atoms with Gasteiger partial charge in [-0.1, -0.05) is 24.3 Å². The summed E-state index contributed by atoms with van der Waals surface area (Å²) in [6.07, 6.45) is 2.43. The van der Waals surface area contributed by atoms with Gasteiger partial charge in [-0.2, -0.15) is 0 Å². The molecule has 4 rings (SSSR count). The molecule has 1 aliphatic heterocycles. The molecule has 2 heterocycles. The number of anilines is 1. The zero-order chi connectivity index (χ0) is 21.1. The van der Waals surface area contributed by atoms with E-state index in [2.05, 4.69) is 0 Å². The van der Waals surface area contributed by atoms with Gasteiger partial charge in [0.2, 0.25) is 0 Å². The molecule has 0 bridgehead atoms. The average Bonchev–Trinajstić information content (AvgIpc) is 3.46. The number of ether oxygens (including phenoxy) is 1. The van der Waals surface area contributed by atoms with Gasteiger partial charge in [0.1, 0.15) is 5.75 Å². The zero-order valence-electron chi connectivity index (χ0n) is 16.3. The van der Waals surface area contributed by atoms with Crippen molar-refractivity contribution in [2.24, 2.45) is 0 Å². The van der Waals surface area contributed by atoms with E-state index in [1.54, 1.807) is 41.0 Å². The summed E-state index contributed by atoms with van der Waals surface area (Å²) in [5, 5.41) is 11.0. The summed E-state index contributed by atoms with van der Waals surface area (Å²) >= 11 is 1.56. The molecule has 30 heavy (non-hydrogen) atoms. The molecule has 152 valence electrons. The zero-order valence-corrected chi connectivity index (χ0v) is 17.1. The number of amides is 2. The molecule has 0 radical (unpaired) electrons. The summed E-state index contributed by atoms with van der Waals surface area (Å²) in [7, 11) is 1.60. The largest absolute Gasteiger partial charge is 0.497 e. The normalized spacial score (nSPS) is 13.1. The van der Waals surface area contributed by atoms with E-state index >= 15 is 0 Å². The fraction of sp³-hybridized carbons (Fsp3) is 0.130. The van der Waals surface area contributed by atoms with Gasteiger partial charge in [-0.3, -0.25) is 14.8 Å². The molecular formula is C23H20N2O4S. The number of carbonyl (C=O) groups is 2. The van der Waals surface area contributed by atoms with Crippen molar-refractivity contribution in [2.45, 2.75) is 6.42 Å². The Morgan fingerprint density at radius 3 is 2.60 bits per heavy atom. The highest BCUT2D eigenvalue weighted by atomic mass is 32.1. The van der Waals surface area contributed by atoms with Crippen LogP contribution in [0.1, 0.15) is 26.4 Å². The number of thiophene rings is 1. The monoisotopic (exact) mass is 420 g/mol. The molecular weight excluding hydrogens is 400 g/mol. The summed E-state index contributed by atoms with van der Waals surface area (Å²) in [4.78, 5) is 28.3. The van der Waals surface area contributed by atoms with Crippen molar-refractivity contribution < 1.29 is 19.5 Å². The van der Waals surface area contributed by atoms with Crippen LogP contribution in [0.25, 0.3) is 11.6 Å². The maximum Gasteiger partial charge on any atom is 0.274 e. The Morgan fingerprint density at radius 1 is 1.13 bits per heavy atom. The molecule has 0 saturated carbocycles. The minimum absolute atomic E-state index is 0.145. The fourth-order valence-corrected chi connectivity index (χ4v) is 4.28. The van der Waals surface area contributed by atoms with Crippen molar-refractivity contribution >= 4 is 40.5 Å². The van der Waals surface area contributed by atoms with Crippen LogP contribution in [0.2, 0.25) is 0 Å². The van der Waals surface area contributed by atoms with E-state index in [0.29, 0.717) is 35.5 Å². The lowest BCUT2D eigenvalue weighted by molar-refractivity contribution is -0.113. The minimum atomic E-state index is -0.578. The highest BCUT2D eigenvalue weighted by Crippen LogP contribution is 2.34. The number of hydrogen-bond acceptors (Lipinski definition) is 5. The average molecular weight is 420 g/mol. The van der Waals surface area contributed by atoms with Crippen molar-refractivity contribution in [3.05, 3.63) is 81.5 Å². The minimum Gasteiger partial charge on any atom is -0.497 e. The van der Waals surface area contributed by atoms with Crippen molar-refractivity contribution in [1.82, 2.24) is 5.48 Å². The Morgan fingerprint density at radius 2 is 1.93 bits per heavy atom. The molecule has 7 heteroatoms. The van der Waals surface area contributed by atoms with Crippen LogP contribution in [0.5, 0.6) is 5.75 Å². The molecule has 3 aromatic rings. The predicted molar refractivity (Wildman–Crippen MR) is 117 cm³/mol. The highest BCUT2D eigenvalue weighted by molar-refractivity contribution is 7.11. The van der Waals surface area contributed by atoms with Crippen LogP contribution in [-0.4, -0.2) is 30.7 Å². The Bertz CT molecular complexity index is 1100. The van der Waals surface area contributed by atoms with Crippen LogP contribution in [0.4, 0.5) is 5.69 Å². The SMILES string of the molecule is COc1ccc(C(=Cc2cccs2)C(=O)N2CCc3c(C(=O)NO)cccc32)cc1. The number of methoxy groups -OCH3 is 1. The first kappa shape index (κ1) is 19.9. The molecule has 1 aromatic heterocycles. The van der Waals surface area contributed by atoms with E-state index in [1.165, 1.54) is 0 Å². The number of hydroxylamine groups is 1. The van der Waals surface area contributed by atoms with Crippen LogP contribution in [0, 0.1) is 0 Å². The molecule has 6 nitrogen and oxygen atoms in total. The molecule has 2 N–H and O–H groups in total. The second-order valence-electron chi connectivity index (χ2n) is 6.75. The number of hydrogen-bond donors (Lipinski definition) is 2. The van der Waals surface area contributed by atoms with Crippen LogP contribution < -0.4 is 15.1 Å². The van der Waals surface area contributed by atoms with E-state index in [9.17, 15) is 9.59 Å². The first-order valence-electron chi connectivity index (χ1n) is 9.40. The molecule has 0 unspecified atom stereocenters. The lowest BCUT2D eigenvalue weighted by Gasteiger charge is -2.20. The van der Waals surface area contributed by atoms with Gasteiger partial charge in [-0.05, 0) is 59.3 Å². The van der Waals surface area contributed by atoms with Gasteiger partial charge in [0, 0.05) is 28.2 Å². The maximum absolute atomic E-state index is 13.6. The summed E-state index contributed by atoms with van der Waals surface area (Å²) in [5.41, 5.74) is 4.84. The van der Waals surface area contributed by atoms with E-state index in [-0.39, 0.29) is 5.91 Å². The van der Waals surface area contributed by atoms with Crippen molar-refractivity contribution in [2.75, 3.05) is 18.6 Å². The van der Waals surface area contributed by atoms with Gasteiger partial charge in [0.25, 0.3) is 11.8 Å². The second-order valence-corrected chi connectivity index (χ2v) is 7.73. The maximum atomic E-state index is 13.6. The highest BCUT2D eigenvalue weighted by Gasteiger charge is 2.30. The smallest absolute Gasteiger partial charge is 0.274 e. The molecule has 2 aromatic carbocycles. The van der Waals surface area contributed by atoms with E-state index in [4.69, 9.17) is 9.94 Å². The van der Waals surface area contributed by atoms with Crippen LogP contribution >= 0.6 is 11.3 Å². The van der Waals surface area contributed by atoms with Crippen LogP contribution in [0.15, 0.2) is 60.0 Å². The topological polar surface area (TPSA) is 78.9 Å². The molecule has 0 fully saturated rings. The lowest BCUT2D eigenvalue weighted by atomic mass is 10.0. The number of benzene rings is 2. The summed E-state index contributed by atoms with van der Waals surface area (Å²) in [6.45, 7) is 0.460. The Balaban J connectivity index is 1.75. The number of carbonyl (C=O) groups excluding carboxylic acids is 2. The summed E-state index contributed by atoms with van der Waals surface area (Å²) in [6, 6.07) is 16.5. The van der Waals surface area contributed by atoms with Crippen LogP contribution in [0.3, 0.4) is 0 Å². The van der Waals surface area contributed by atoms with Gasteiger partial charge in [0.05, 0.1) is 7.11 Å². The molecule has 1 aliphatic rings. The van der Waals surface area contributed by atoms with E-state index in [1.807, 2.05) is 53.9 Å². The molecule has 0 atom stereocenters. The lowest BCUT2D eigenvalue weighted by Crippen LogP contribution is -2.29. The first-order chi connectivity index (χ1) is 14.6. The first-order valence-corrected chi connectivity index (χ1v) is 10.3. The van der Waals surface area contributed by atoms with Gasteiger partial charge in [0.15, 0.2) is 0 Å². The number of fused-ring (bicyclic) bond motifs is 1. The third-order valence-electron chi connectivity index (χ3n) is 5.08. The third kappa shape index (κ3) is 3.72. The molecule has 0 aliphatic carbocycles. The summed E-state index contributed by atoms with van der Waals surface area (Å²) < 4.78 is 5.24. The Hall–Kier alpha value is -3.42. The number of nitrogens with one attached hydrogen (secondary N) is 1. The predicted octanol–water partition coefficient (Wildman–Crippen LogP) is 4.01.